The van der Waals surface area contributed by atoms with Crippen LogP contribution in [0.15, 0.2) is 60.7 Å². The van der Waals surface area contributed by atoms with E-state index in [1.54, 1.807) is 20.7 Å². The van der Waals surface area contributed by atoms with Gasteiger partial charge in [-0.1, -0.05) is 48.5 Å². The molecule has 6 heteroatoms. The molecule has 0 atom stereocenters. The Labute approximate surface area is 217 Å². The molecule has 0 aromatic heterocycles. The van der Waals surface area contributed by atoms with Gasteiger partial charge in [0.15, 0.2) is 0 Å². The Hall–Kier alpha value is -2.07. The lowest BCUT2D eigenvalue weighted by molar-refractivity contribution is 0.580. The fourth-order valence-corrected chi connectivity index (χ4v) is 31.4. The average molecular weight is 539 g/mol. The topological polar surface area (TPSA) is 18.5 Å². The van der Waals surface area contributed by atoms with E-state index in [9.17, 15) is 0 Å². The summed E-state index contributed by atoms with van der Waals surface area (Å²) in [7, 11) is -8.25. The summed E-state index contributed by atoms with van der Waals surface area (Å²) in [4.78, 5) is 0. The van der Waals surface area contributed by atoms with Crippen LogP contribution in [-0.4, -0.2) is 33.3 Å². The summed E-state index contributed by atoms with van der Waals surface area (Å²) in [5.74, 6) is 0. The van der Waals surface area contributed by atoms with Crippen molar-refractivity contribution in [3.63, 3.8) is 0 Å². The SMILES string of the molecule is C[Si]1(C)O[Si](C)(C)c2c1c1c(c3cc4c5ccccc5c5ccccc5c4cc23)[Si](C)(C)O[Si]1(C)C. The van der Waals surface area contributed by atoms with E-state index in [0.29, 0.717) is 0 Å². The van der Waals surface area contributed by atoms with Crippen LogP contribution in [0, 0.1) is 0 Å². The van der Waals surface area contributed by atoms with E-state index in [2.05, 4.69) is 113 Å². The second-order valence-corrected chi connectivity index (χ2v) is 28.5. The molecule has 0 radical (unpaired) electrons. The van der Waals surface area contributed by atoms with Crippen LogP contribution in [0.2, 0.25) is 52.4 Å². The molecule has 0 saturated carbocycles. The second kappa shape index (κ2) is 6.86. The third-order valence-electron chi connectivity index (χ3n) is 8.60. The molecule has 2 heterocycles. The summed E-state index contributed by atoms with van der Waals surface area (Å²) < 4.78 is 14.3. The van der Waals surface area contributed by atoms with Gasteiger partial charge in [0.05, 0.1) is 0 Å². The minimum absolute atomic E-state index is 1.34. The highest BCUT2D eigenvalue weighted by molar-refractivity contribution is 7.15. The third kappa shape index (κ3) is 2.83. The highest BCUT2D eigenvalue weighted by Gasteiger charge is 2.57. The molecule has 7 rings (SSSR count). The van der Waals surface area contributed by atoms with Crippen molar-refractivity contribution in [2.45, 2.75) is 52.4 Å². The molecule has 0 N–H and O–H groups in total. The van der Waals surface area contributed by atoms with Crippen molar-refractivity contribution in [3.8, 4) is 0 Å². The molecule has 0 fully saturated rings. The molecule has 2 aliphatic rings. The number of rotatable bonds is 0. The Morgan fingerprint density at radius 3 is 0.972 bits per heavy atom. The van der Waals surface area contributed by atoms with Gasteiger partial charge in [-0.05, 0) is 128 Å². The molecule has 36 heavy (non-hydrogen) atoms. The summed E-state index contributed by atoms with van der Waals surface area (Å²) >= 11 is 0. The zero-order valence-corrected chi connectivity index (χ0v) is 26.6. The molecule has 0 bridgehead atoms. The Morgan fingerprint density at radius 2 is 0.639 bits per heavy atom. The third-order valence-corrected chi connectivity index (χ3v) is 24.4. The van der Waals surface area contributed by atoms with E-state index in [1.807, 2.05) is 0 Å². The standard InChI is InChI=1S/C30H34O2Si4/c1-33(2)27-25-17-23-21-15-11-9-13-19(21)20-14-10-12-16-22(20)24(23)18-26(25)28-30(29(27)35(5,6)31-33)36(7,8)32-34(28,3)4/h9-18H,1-8H3. The lowest BCUT2D eigenvalue weighted by Crippen LogP contribution is -2.64. The largest absolute Gasteiger partial charge is 0.449 e. The highest BCUT2D eigenvalue weighted by atomic mass is 28.4. The average Bonchev–Trinajstić information content (AvgIpc) is 3.12. The van der Waals surface area contributed by atoms with Crippen LogP contribution in [0.25, 0.3) is 43.1 Å². The van der Waals surface area contributed by atoms with Crippen molar-refractivity contribution in [3.05, 3.63) is 60.7 Å². The second-order valence-electron chi connectivity index (χ2n) is 12.8. The highest BCUT2D eigenvalue weighted by Crippen LogP contribution is 2.39. The minimum atomic E-state index is -2.08. The molecule has 0 spiro atoms. The van der Waals surface area contributed by atoms with Crippen LogP contribution in [0.5, 0.6) is 0 Å². The van der Waals surface area contributed by atoms with E-state index in [4.69, 9.17) is 8.23 Å². The van der Waals surface area contributed by atoms with E-state index in [0.717, 1.165) is 0 Å². The van der Waals surface area contributed by atoms with Crippen molar-refractivity contribution < 1.29 is 8.23 Å². The molecule has 0 aliphatic carbocycles. The molecule has 5 aromatic carbocycles. The molecular formula is C30H34O2Si4. The number of benzene rings is 5. The molecule has 5 aromatic rings. The van der Waals surface area contributed by atoms with Gasteiger partial charge in [-0.3, -0.25) is 0 Å². The molecule has 2 nitrogen and oxygen atoms in total. The number of fused-ring (bicyclic) bond motifs is 12. The number of hydrogen-bond donors (Lipinski definition) is 0. The fourth-order valence-electron chi connectivity index (χ4n) is 7.82. The zero-order chi connectivity index (χ0) is 25.4. The maximum atomic E-state index is 7.13. The van der Waals surface area contributed by atoms with Crippen molar-refractivity contribution in [2.75, 3.05) is 0 Å². The Bertz CT molecular complexity index is 1670. The summed E-state index contributed by atoms with van der Waals surface area (Å²) in [5, 5.41) is 17.4. The van der Waals surface area contributed by atoms with E-state index in [-0.39, 0.29) is 0 Å². The molecule has 0 saturated heterocycles. The Morgan fingerprint density at radius 1 is 0.361 bits per heavy atom. The van der Waals surface area contributed by atoms with Crippen LogP contribution in [0.1, 0.15) is 0 Å². The molecule has 0 unspecified atom stereocenters. The van der Waals surface area contributed by atoms with Crippen molar-refractivity contribution in [2.24, 2.45) is 0 Å². The van der Waals surface area contributed by atoms with Gasteiger partial charge in [-0.2, -0.15) is 0 Å². The van der Waals surface area contributed by atoms with Crippen LogP contribution < -0.4 is 20.7 Å². The van der Waals surface area contributed by atoms with Gasteiger partial charge >= 0.3 is 0 Å². The minimum Gasteiger partial charge on any atom is -0.449 e. The first-order valence-electron chi connectivity index (χ1n) is 13.1. The monoisotopic (exact) mass is 538 g/mol. The van der Waals surface area contributed by atoms with Gasteiger partial charge in [0.25, 0.3) is 0 Å². The maximum absolute atomic E-state index is 7.13. The summed E-state index contributed by atoms with van der Waals surface area (Å²) in [6, 6.07) is 23.0. The zero-order valence-electron chi connectivity index (χ0n) is 22.6. The van der Waals surface area contributed by atoms with Crippen LogP contribution in [-0.2, 0) is 8.23 Å². The van der Waals surface area contributed by atoms with E-state index in [1.165, 1.54) is 43.1 Å². The first-order valence-corrected chi connectivity index (χ1v) is 24.8. The predicted octanol–water partition coefficient (Wildman–Crippen LogP) is 6.01. The maximum Gasteiger partial charge on any atom is 0.206 e. The first kappa shape index (κ1) is 23.1. The van der Waals surface area contributed by atoms with Crippen molar-refractivity contribution in [1.29, 1.82) is 0 Å². The van der Waals surface area contributed by atoms with Crippen LogP contribution in [0.4, 0.5) is 0 Å². The van der Waals surface area contributed by atoms with Gasteiger partial charge in [0.1, 0.15) is 0 Å². The van der Waals surface area contributed by atoms with Gasteiger partial charge in [0, 0.05) is 0 Å². The Balaban J connectivity index is 1.81. The van der Waals surface area contributed by atoms with Gasteiger partial charge in [-0.15, -0.1) is 0 Å². The Kier molecular flexibility index (Phi) is 4.40. The van der Waals surface area contributed by atoms with E-state index < -0.39 is 33.3 Å². The van der Waals surface area contributed by atoms with Gasteiger partial charge in [0.2, 0.25) is 33.3 Å². The van der Waals surface area contributed by atoms with Gasteiger partial charge in [-0.25, -0.2) is 0 Å². The lowest BCUT2D eigenvalue weighted by Gasteiger charge is -2.26. The predicted molar refractivity (Wildman–Crippen MR) is 167 cm³/mol. The smallest absolute Gasteiger partial charge is 0.206 e. The van der Waals surface area contributed by atoms with Crippen molar-refractivity contribution >= 4 is 97.1 Å². The van der Waals surface area contributed by atoms with Crippen LogP contribution in [0.3, 0.4) is 0 Å². The summed E-state index contributed by atoms with van der Waals surface area (Å²) in [6.07, 6.45) is 0. The fraction of sp³-hybridized carbons (Fsp3) is 0.267. The van der Waals surface area contributed by atoms with Crippen LogP contribution >= 0.6 is 0 Å². The van der Waals surface area contributed by atoms with E-state index >= 15 is 0 Å². The molecule has 182 valence electrons. The molecule has 0 amide bonds. The first-order chi connectivity index (χ1) is 16.8. The lowest BCUT2D eigenvalue weighted by atomic mass is 9.92. The molecular weight excluding hydrogens is 505 g/mol. The normalized spacial score (nSPS) is 20.9. The van der Waals surface area contributed by atoms with Gasteiger partial charge < -0.3 is 8.23 Å². The van der Waals surface area contributed by atoms with Crippen molar-refractivity contribution in [1.82, 2.24) is 0 Å². The number of hydrogen-bond acceptors (Lipinski definition) is 2. The summed E-state index contributed by atoms with van der Waals surface area (Å²) in [6.45, 7) is 19.4. The summed E-state index contributed by atoms with van der Waals surface area (Å²) in [5.41, 5.74) is 0. The quantitative estimate of drug-likeness (QED) is 0.137. The molecule has 2 aliphatic heterocycles.